The summed E-state index contributed by atoms with van der Waals surface area (Å²) in [6.45, 7) is 0. The van der Waals surface area contributed by atoms with Crippen molar-refractivity contribution in [3.8, 4) is 11.8 Å². The smallest absolute Gasteiger partial charge is 0.328 e. The van der Waals surface area contributed by atoms with Crippen LogP contribution in [-0.4, -0.2) is 34.0 Å². The highest BCUT2D eigenvalue weighted by molar-refractivity contribution is 6.32. The summed E-state index contributed by atoms with van der Waals surface area (Å²) in [5.41, 5.74) is -0.216. The van der Waals surface area contributed by atoms with Gasteiger partial charge in [0.2, 0.25) is 11.2 Å². The Hall–Kier alpha value is -2.19. The summed E-state index contributed by atoms with van der Waals surface area (Å²) in [4.78, 5) is 23.5. The van der Waals surface area contributed by atoms with Crippen molar-refractivity contribution in [3.05, 3.63) is 38.6 Å². The van der Waals surface area contributed by atoms with Crippen LogP contribution < -0.4 is 9.64 Å². The SMILES string of the molecule is CN(C)c1nc(Cl)nc(Oc2ccc([N+](=O)[O-])c(Cl)c2)n1. The Morgan fingerprint density at radius 3 is 2.52 bits per heavy atom. The Bertz CT molecular complexity index is 696. The Morgan fingerprint density at radius 2 is 1.95 bits per heavy atom. The van der Waals surface area contributed by atoms with E-state index in [0.29, 0.717) is 5.95 Å². The van der Waals surface area contributed by atoms with E-state index in [0.717, 1.165) is 0 Å². The van der Waals surface area contributed by atoms with E-state index in [2.05, 4.69) is 15.0 Å². The third-order valence-electron chi connectivity index (χ3n) is 2.30. The number of nitrogens with zero attached hydrogens (tertiary/aromatic N) is 5. The van der Waals surface area contributed by atoms with Crippen molar-refractivity contribution in [1.29, 1.82) is 0 Å². The molecule has 0 unspecified atom stereocenters. The highest BCUT2D eigenvalue weighted by atomic mass is 35.5. The maximum Gasteiger partial charge on any atom is 0.328 e. The van der Waals surface area contributed by atoms with Gasteiger partial charge in [0.25, 0.3) is 5.69 Å². The maximum atomic E-state index is 10.7. The second-order valence-electron chi connectivity index (χ2n) is 4.05. The predicted molar refractivity (Wildman–Crippen MR) is 77.3 cm³/mol. The quantitative estimate of drug-likeness (QED) is 0.628. The Balaban J connectivity index is 2.30. The highest BCUT2D eigenvalue weighted by Crippen LogP contribution is 2.30. The number of hydrogen-bond donors (Lipinski definition) is 0. The third-order valence-corrected chi connectivity index (χ3v) is 2.77. The van der Waals surface area contributed by atoms with Crippen LogP contribution in [0.2, 0.25) is 10.3 Å². The maximum absolute atomic E-state index is 10.7. The highest BCUT2D eigenvalue weighted by Gasteiger charge is 2.14. The second-order valence-corrected chi connectivity index (χ2v) is 4.80. The van der Waals surface area contributed by atoms with Crippen molar-refractivity contribution in [2.45, 2.75) is 0 Å². The number of anilines is 1. The number of halogens is 2. The molecule has 21 heavy (non-hydrogen) atoms. The molecule has 0 aliphatic heterocycles. The lowest BCUT2D eigenvalue weighted by Crippen LogP contribution is -2.13. The van der Waals surface area contributed by atoms with Crippen molar-refractivity contribution in [2.75, 3.05) is 19.0 Å². The molecular weight excluding hydrogens is 321 g/mol. The minimum absolute atomic E-state index is 0.0308. The van der Waals surface area contributed by atoms with Gasteiger partial charge in [0, 0.05) is 26.2 Å². The molecule has 1 aromatic carbocycles. The van der Waals surface area contributed by atoms with E-state index in [1.165, 1.54) is 18.2 Å². The van der Waals surface area contributed by atoms with Gasteiger partial charge in [-0.05, 0) is 17.7 Å². The van der Waals surface area contributed by atoms with Gasteiger partial charge >= 0.3 is 6.01 Å². The molecule has 0 fully saturated rings. The molecule has 2 rings (SSSR count). The number of hydrogen-bond acceptors (Lipinski definition) is 7. The van der Waals surface area contributed by atoms with E-state index in [9.17, 15) is 10.1 Å². The predicted octanol–water partition coefficient (Wildman–Crippen LogP) is 2.94. The zero-order chi connectivity index (χ0) is 15.6. The normalized spacial score (nSPS) is 10.3. The van der Waals surface area contributed by atoms with Crippen LogP contribution in [0.25, 0.3) is 0 Å². The van der Waals surface area contributed by atoms with Crippen LogP contribution in [0.5, 0.6) is 11.8 Å². The minimum atomic E-state index is -0.587. The number of aromatic nitrogens is 3. The van der Waals surface area contributed by atoms with Gasteiger partial charge in [-0.2, -0.15) is 15.0 Å². The molecule has 0 atom stereocenters. The van der Waals surface area contributed by atoms with Crippen LogP contribution in [0.15, 0.2) is 18.2 Å². The average molecular weight is 330 g/mol. The van der Waals surface area contributed by atoms with Crippen molar-refractivity contribution >= 4 is 34.8 Å². The molecule has 0 saturated carbocycles. The second kappa shape index (κ2) is 6.06. The fourth-order valence-corrected chi connectivity index (χ4v) is 1.76. The molecule has 0 aliphatic carbocycles. The molecule has 1 heterocycles. The van der Waals surface area contributed by atoms with E-state index in [1.807, 2.05) is 0 Å². The lowest BCUT2D eigenvalue weighted by molar-refractivity contribution is -0.384. The van der Waals surface area contributed by atoms with Crippen molar-refractivity contribution in [3.63, 3.8) is 0 Å². The van der Waals surface area contributed by atoms with Crippen LogP contribution >= 0.6 is 23.2 Å². The molecule has 0 aliphatic rings. The first kappa shape index (κ1) is 15.2. The van der Waals surface area contributed by atoms with E-state index in [1.54, 1.807) is 19.0 Å². The Labute approximate surface area is 129 Å². The van der Waals surface area contributed by atoms with Crippen LogP contribution in [0.4, 0.5) is 11.6 Å². The third kappa shape index (κ3) is 3.67. The van der Waals surface area contributed by atoms with Gasteiger partial charge < -0.3 is 9.64 Å². The number of nitro benzene ring substituents is 1. The molecule has 8 nitrogen and oxygen atoms in total. The fourth-order valence-electron chi connectivity index (χ4n) is 1.37. The van der Waals surface area contributed by atoms with Crippen LogP contribution in [0.1, 0.15) is 0 Å². The molecule has 0 bridgehead atoms. The van der Waals surface area contributed by atoms with Gasteiger partial charge in [0.1, 0.15) is 10.8 Å². The molecule has 0 saturated heterocycles. The summed E-state index contributed by atoms with van der Waals surface area (Å²) < 4.78 is 5.39. The summed E-state index contributed by atoms with van der Waals surface area (Å²) in [5.74, 6) is 0.565. The standard InChI is InChI=1S/C11H9Cl2N5O3/c1-17(2)10-14-9(13)15-11(16-10)21-6-3-4-8(18(19)20)7(12)5-6/h3-5H,1-2H3. The Kier molecular flexibility index (Phi) is 4.39. The van der Waals surface area contributed by atoms with Gasteiger partial charge in [-0.15, -0.1) is 0 Å². The van der Waals surface area contributed by atoms with Gasteiger partial charge in [-0.1, -0.05) is 11.6 Å². The van der Waals surface area contributed by atoms with Gasteiger partial charge in [-0.25, -0.2) is 0 Å². The molecule has 10 heteroatoms. The van der Waals surface area contributed by atoms with E-state index in [4.69, 9.17) is 27.9 Å². The van der Waals surface area contributed by atoms with Crippen molar-refractivity contribution < 1.29 is 9.66 Å². The van der Waals surface area contributed by atoms with Crippen molar-refractivity contribution in [2.24, 2.45) is 0 Å². The van der Waals surface area contributed by atoms with Gasteiger partial charge in [-0.3, -0.25) is 10.1 Å². The molecule has 2 aromatic rings. The zero-order valence-corrected chi connectivity index (χ0v) is 12.5. The largest absolute Gasteiger partial charge is 0.424 e. The number of rotatable bonds is 4. The van der Waals surface area contributed by atoms with Gasteiger partial charge in [0.15, 0.2) is 0 Å². The summed E-state index contributed by atoms with van der Waals surface area (Å²) in [5, 5.41) is 10.6. The molecule has 0 spiro atoms. The summed E-state index contributed by atoms with van der Waals surface area (Å²) in [7, 11) is 3.47. The van der Waals surface area contributed by atoms with Crippen LogP contribution in [0.3, 0.4) is 0 Å². The first-order valence-electron chi connectivity index (χ1n) is 5.57. The Morgan fingerprint density at radius 1 is 1.24 bits per heavy atom. The first-order valence-corrected chi connectivity index (χ1v) is 6.33. The van der Waals surface area contributed by atoms with E-state index in [-0.39, 0.29) is 27.8 Å². The summed E-state index contributed by atoms with van der Waals surface area (Å²) in [6.07, 6.45) is 0. The number of nitro groups is 1. The molecule has 0 N–H and O–H groups in total. The lowest BCUT2D eigenvalue weighted by atomic mass is 10.3. The number of ether oxygens (including phenoxy) is 1. The molecule has 1 aromatic heterocycles. The first-order chi connectivity index (χ1) is 9.86. The molecular formula is C11H9Cl2N5O3. The summed E-state index contributed by atoms with van der Waals surface area (Å²) >= 11 is 11.6. The van der Waals surface area contributed by atoms with Crippen molar-refractivity contribution in [1.82, 2.24) is 15.0 Å². The monoisotopic (exact) mass is 329 g/mol. The fraction of sp³-hybridized carbons (Fsp3) is 0.182. The lowest BCUT2D eigenvalue weighted by Gasteiger charge is -2.11. The average Bonchev–Trinajstić information content (AvgIpc) is 2.37. The topological polar surface area (TPSA) is 94.3 Å². The number of benzene rings is 1. The molecule has 0 amide bonds. The van der Waals surface area contributed by atoms with Gasteiger partial charge in [0.05, 0.1) is 4.92 Å². The summed E-state index contributed by atoms with van der Waals surface area (Å²) in [6, 6.07) is 3.88. The molecule has 110 valence electrons. The van der Waals surface area contributed by atoms with E-state index >= 15 is 0 Å². The minimum Gasteiger partial charge on any atom is -0.424 e. The van der Waals surface area contributed by atoms with Crippen LogP contribution in [0, 0.1) is 10.1 Å². The zero-order valence-electron chi connectivity index (χ0n) is 10.9. The molecule has 0 radical (unpaired) electrons. The van der Waals surface area contributed by atoms with E-state index < -0.39 is 4.92 Å². The van der Waals surface area contributed by atoms with Crippen LogP contribution in [-0.2, 0) is 0 Å².